The molecule has 0 atom stereocenters. The molecule has 10 heavy (non-hydrogen) atoms. The van der Waals surface area contributed by atoms with Crippen LogP contribution in [0.1, 0.15) is 0 Å². The molecule has 0 bridgehead atoms. The van der Waals surface area contributed by atoms with Crippen molar-refractivity contribution >= 4 is 35.8 Å². The summed E-state index contributed by atoms with van der Waals surface area (Å²) in [5, 5.41) is 2.19. The molecule has 0 saturated carbocycles. The molecule has 2 heteroatoms. The van der Waals surface area contributed by atoms with E-state index in [1.165, 1.54) is 9.65 Å². The van der Waals surface area contributed by atoms with E-state index in [1.54, 1.807) is 0 Å². The van der Waals surface area contributed by atoms with Gasteiger partial charge in [-0.15, -0.1) is 0 Å². The Labute approximate surface area is 70.2 Å². The Morgan fingerprint density at radius 1 is 1.20 bits per heavy atom. The molecule has 2 aromatic rings. The molecular weight excluding hydrogens is 211 g/mol. The van der Waals surface area contributed by atoms with Crippen molar-refractivity contribution in [2.24, 2.45) is 0 Å². The van der Waals surface area contributed by atoms with Gasteiger partial charge in [0.25, 0.3) is 0 Å². The second kappa shape index (κ2) is 2.43. The molecule has 0 N–H and O–H groups in total. The SMILES string of the molecule is Clc1ccc2cc[se]c2c1. The summed E-state index contributed by atoms with van der Waals surface area (Å²) in [6.07, 6.45) is 0. The average Bonchev–Trinajstić information content (AvgIpc) is 2.33. The number of fused-ring (bicyclic) bond motifs is 1. The topological polar surface area (TPSA) is 0 Å². The Hall–Kier alpha value is -0.231. The first-order valence-corrected chi connectivity index (χ1v) is 5.21. The van der Waals surface area contributed by atoms with E-state index in [4.69, 9.17) is 11.6 Å². The van der Waals surface area contributed by atoms with Crippen molar-refractivity contribution in [2.75, 3.05) is 0 Å². The van der Waals surface area contributed by atoms with E-state index in [0.29, 0.717) is 14.5 Å². The van der Waals surface area contributed by atoms with E-state index < -0.39 is 0 Å². The van der Waals surface area contributed by atoms with Crippen LogP contribution in [0.4, 0.5) is 0 Å². The first-order chi connectivity index (χ1) is 4.86. The van der Waals surface area contributed by atoms with Gasteiger partial charge in [0.2, 0.25) is 0 Å². The first kappa shape index (κ1) is 6.48. The molecule has 0 aliphatic rings. The predicted molar refractivity (Wildman–Crippen MR) is 45.9 cm³/mol. The summed E-state index contributed by atoms with van der Waals surface area (Å²) in [5.41, 5.74) is 0. The molecule has 0 unspecified atom stereocenters. The molecule has 0 fully saturated rings. The van der Waals surface area contributed by atoms with Crippen LogP contribution in [0, 0.1) is 0 Å². The van der Waals surface area contributed by atoms with Gasteiger partial charge in [-0.3, -0.25) is 0 Å². The molecule has 0 nitrogen and oxygen atoms in total. The maximum absolute atomic E-state index is 5.81. The first-order valence-electron chi connectivity index (χ1n) is 2.99. The van der Waals surface area contributed by atoms with Crippen LogP contribution in [0.25, 0.3) is 9.65 Å². The molecule has 1 aromatic carbocycles. The molecule has 0 spiro atoms. The fraction of sp³-hybridized carbons (Fsp3) is 0. The Kier molecular flexibility index (Phi) is 1.57. The van der Waals surface area contributed by atoms with Crippen molar-refractivity contribution in [1.29, 1.82) is 0 Å². The zero-order valence-corrected chi connectivity index (χ0v) is 7.64. The van der Waals surface area contributed by atoms with Gasteiger partial charge in [0.1, 0.15) is 0 Å². The van der Waals surface area contributed by atoms with Crippen molar-refractivity contribution in [2.45, 2.75) is 0 Å². The van der Waals surface area contributed by atoms with E-state index in [9.17, 15) is 0 Å². The summed E-state index contributed by atoms with van der Waals surface area (Å²) in [6.45, 7) is 0. The van der Waals surface area contributed by atoms with E-state index in [2.05, 4.69) is 23.1 Å². The molecule has 1 heterocycles. The van der Waals surface area contributed by atoms with Gasteiger partial charge >= 0.3 is 70.0 Å². The molecule has 0 amide bonds. The van der Waals surface area contributed by atoms with Gasteiger partial charge in [-0.05, 0) is 0 Å². The van der Waals surface area contributed by atoms with E-state index >= 15 is 0 Å². The third-order valence-electron chi connectivity index (χ3n) is 1.42. The average molecular weight is 216 g/mol. The number of rotatable bonds is 0. The number of halogens is 1. The van der Waals surface area contributed by atoms with E-state index in [0.717, 1.165) is 5.02 Å². The van der Waals surface area contributed by atoms with Crippen LogP contribution in [0.3, 0.4) is 0 Å². The third kappa shape index (κ3) is 1.01. The second-order valence-electron chi connectivity index (χ2n) is 2.10. The number of hydrogen-bond donors (Lipinski definition) is 0. The van der Waals surface area contributed by atoms with E-state index in [1.807, 2.05) is 6.07 Å². The second-order valence-corrected chi connectivity index (χ2v) is 4.53. The summed E-state index contributed by atoms with van der Waals surface area (Å²) in [6, 6.07) is 8.22. The van der Waals surface area contributed by atoms with Crippen molar-refractivity contribution < 1.29 is 0 Å². The van der Waals surface area contributed by atoms with Crippen LogP contribution in [0.15, 0.2) is 29.2 Å². The minimum absolute atomic E-state index is 0.528. The molecular formula is C8H5ClSe. The van der Waals surface area contributed by atoms with Gasteiger partial charge in [0.05, 0.1) is 0 Å². The minimum atomic E-state index is 0.528. The molecule has 0 saturated heterocycles. The summed E-state index contributed by atoms with van der Waals surface area (Å²) in [7, 11) is 0. The quantitative estimate of drug-likeness (QED) is 0.593. The molecule has 0 aliphatic heterocycles. The Morgan fingerprint density at radius 3 is 3.00 bits per heavy atom. The Morgan fingerprint density at radius 2 is 2.10 bits per heavy atom. The zero-order chi connectivity index (χ0) is 6.97. The Balaban J connectivity index is 2.86. The fourth-order valence-electron chi connectivity index (χ4n) is 0.929. The van der Waals surface area contributed by atoms with Gasteiger partial charge < -0.3 is 0 Å². The van der Waals surface area contributed by atoms with Crippen molar-refractivity contribution in [3.05, 3.63) is 34.2 Å². The van der Waals surface area contributed by atoms with Crippen molar-refractivity contribution in [3.8, 4) is 0 Å². The predicted octanol–water partition coefficient (Wildman–Crippen LogP) is 2.55. The summed E-state index contributed by atoms with van der Waals surface area (Å²) in [4.78, 5) is 2.22. The molecule has 0 radical (unpaired) electrons. The summed E-state index contributed by atoms with van der Waals surface area (Å²) < 4.78 is 1.40. The van der Waals surface area contributed by atoms with Crippen molar-refractivity contribution in [3.63, 3.8) is 0 Å². The van der Waals surface area contributed by atoms with Crippen LogP contribution < -0.4 is 0 Å². The molecule has 2 rings (SSSR count). The molecule has 1 aromatic heterocycles. The molecule has 50 valence electrons. The Bertz CT molecular complexity index is 351. The standard InChI is InChI=1S/C8H5ClSe/c9-7-2-1-6-3-4-10-8(6)5-7/h1-5H. The summed E-state index contributed by atoms with van der Waals surface area (Å²) in [5.74, 6) is 0. The van der Waals surface area contributed by atoms with Gasteiger partial charge in [-0.2, -0.15) is 0 Å². The summed E-state index contributed by atoms with van der Waals surface area (Å²) >= 11 is 6.33. The van der Waals surface area contributed by atoms with Gasteiger partial charge in [0.15, 0.2) is 0 Å². The van der Waals surface area contributed by atoms with Crippen LogP contribution in [0.5, 0.6) is 0 Å². The maximum atomic E-state index is 5.81. The van der Waals surface area contributed by atoms with Crippen LogP contribution in [-0.2, 0) is 0 Å². The number of benzene rings is 1. The van der Waals surface area contributed by atoms with Gasteiger partial charge in [0, 0.05) is 0 Å². The van der Waals surface area contributed by atoms with Crippen LogP contribution in [0.2, 0.25) is 5.02 Å². The van der Waals surface area contributed by atoms with Crippen molar-refractivity contribution in [1.82, 2.24) is 0 Å². The molecule has 0 aliphatic carbocycles. The van der Waals surface area contributed by atoms with Crippen LogP contribution >= 0.6 is 11.6 Å². The normalized spacial score (nSPS) is 10.5. The van der Waals surface area contributed by atoms with E-state index in [-0.39, 0.29) is 0 Å². The van der Waals surface area contributed by atoms with Gasteiger partial charge in [-0.1, -0.05) is 0 Å². The number of hydrogen-bond acceptors (Lipinski definition) is 0. The van der Waals surface area contributed by atoms with Crippen LogP contribution in [-0.4, -0.2) is 14.5 Å². The van der Waals surface area contributed by atoms with Gasteiger partial charge in [-0.25, -0.2) is 0 Å². The third-order valence-corrected chi connectivity index (χ3v) is 3.50. The zero-order valence-electron chi connectivity index (χ0n) is 5.17. The fourth-order valence-corrected chi connectivity index (χ4v) is 2.99. The monoisotopic (exact) mass is 216 g/mol.